The third kappa shape index (κ3) is 2.87. The number of piperidine rings is 1. The maximum absolute atomic E-state index is 12.2. The zero-order valence-corrected chi connectivity index (χ0v) is 11.1. The van der Waals surface area contributed by atoms with E-state index in [0.717, 1.165) is 44.7 Å². The number of likely N-dealkylation sites (tertiary alicyclic amines) is 1. The van der Waals surface area contributed by atoms with Crippen molar-refractivity contribution < 1.29 is 4.79 Å². The smallest absolute Gasteiger partial charge is 0.293 e. The highest BCUT2D eigenvalue weighted by atomic mass is 16.2. The van der Waals surface area contributed by atoms with Crippen LogP contribution in [-0.4, -0.2) is 52.7 Å². The number of amides is 1. The van der Waals surface area contributed by atoms with Gasteiger partial charge in [0.15, 0.2) is 0 Å². The molecule has 1 amide bonds. The summed E-state index contributed by atoms with van der Waals surface area (Å²) < 4.78 is 0. The average Bonchev–Trinajstić information content (AvgIpc) is 2.88. The molecule has 1 aromatic rings. The number of nitrogens with zero attached hydrogens (tertiary/aromatic N) is 3. The van der Waals surface area contributed by atoms with Crippen molar-refractivity contribution in [2.24, 2.45) is 5.92 Å². The second kappa shape index (κ2) is 5.95. The van der Waals surface area contributed by atoms with Crippen molar-refractivity contribution in [1.29, 1.82) is 0 Å². The lowest BCUT2D eigenvalue weighted by Crippen LogP contribution is -2.40. The number of hydrogen-bond acceptors (Lipinski definition) is 4. The summed E-state index contributed by atoms with van der Waals surface area (Å²) in [5, 5.41) is 9.95. The summed E-state index contributed by atoms with van der Waals surface area (Å²) in [6, 6.07) is 0. The zero-order valence-electron chi connectivity index (χ0n) is 11.1. The molecule has 6 heteroatoms. The molecule has 0 saturated carbocycles. The minimum Gasteiger partial charge on any atom is -0.336 e. The summed E-state index contributed by atoms with van der Waals surface area (Å²) in [4.78, 5) is 18.2. The molecular weight excluding hydrogens is 230 g/mol. The van der Waals surface area contributed by atoms with Crippen molar-refractivity contribution >= 4 is 5.91 Å². The lowest BCUT2D eigenvalue weighted by atomic mass is 9.97. The lowest BCUT2D eigenvalue weighted by molar-refractivity contribution is 0.0679. The molecule has 1 aliphatic rings. The van der Waals surface area contributed by atoms with Crippen LogP contribution in [0.2, 0.25) is 0 Å². The van der Waals surface area contributed by atoms with Gasteiger partial charge in [-0.05, 0) is 32.4 Å². The molecule has 0 unspecified atom stereocenters. The van der Waals surface area contributed by atoms with Crippen molar-refractivity contribution in [1.82, 2.24) is 25.4 Å². The first-order valence-electron chi connectivity index (χ1n) is 6.59. The Morgan fingerprint density at radius 1 is 1.50 bits per heavy atom. The Labute approximate surface area is 107 Å². The number of hydrogen-bond donors (Lipinski definition) is 2. The maximum Gasteiger partial charge on any atom is 0.293 e. The molecule has 0 aliphatic carbocycles. The number of aromatic nitrogens is 3. The van der Waals surface area contributed by atoms with Crippen molar-refractivity contribution in [2.45, 2.75) is 26.2 Å². The molecule has 1 aliphatic heterocycles. The van der Waals surface area contributed by atoms with Gasteiger partial charge in [-0.1, -0.05) is 6.92 Å². The molecule has 0 aromatic carbocycles. The predicted octanol–water partition coefficient (Wildman–Crippen LogP) is 0.439. The van der Waals surface area contributed by atoms with E-state index in [-0.39, 0.29) is 5.91 Å². The number of aromatic amines is 1. The Balaban J connectivity index is 1.91. The van der Waals surface area contributed by atoms with Crippen LogP contribution in [0.15, 0.2) is 0 Å². The Bertz CT molecular complexity index is 395. The van der Waals surface area contributed by atoms with Crippen LogP contribution in [0, 0.1) is 5.92 Å². The van der Waals surface area contributed by atoms with Gasteiger partial charge in [-0.2, -0.15) is 0 Å². The van der Waals surface area contributed by atoms with Crippen LogP contribution in [0.1, 0.15) is 36.2 Å². The third-order valence-electron chi connectivity index (χ3n) is 3.45. The molecule has 1 aromatic heterocycles. The molecule has 0 radical (unpaired) electrons. The molecule has 2 N–H and O–H groups in total. The largest absolute Gasteiger partial charge is 0.336 e. The van der Waals surface area contributed by atoms with E-state index in [4.69, 9.17) is 0 Å². The van der Waals surface area contributed by atoms with Gasteiger partial charge in [0, 0.05) is 19.5 Å². The van der Waals surface area contributed by atoms with Crippen LogP contribution >= 0.6 is 0 Å². The van der Waals surface area contributed by atoms with Gasteiger partial charge in [0.05, 0.1) is 0 Å². The second-order valence-corrected chi connectivity index (χ2v) is 4.75. The summed E-state index contributed by atoms with van der Waals surface area (Å²) in [5.74, 6) is 1.70. The Morgan fingerprint density at radius 2 is 2.22 bits per heavy atom. The summed E-state index contributed by atoms with van der Waals surface area (Å²) in [7, 11) is 1.97. The fourth-order valence-corrected chi connectivity index (χ4v) is 2.32. The van der Waals surface area contributed by atoms with Gasteiger partial charge >= 0.3 is 0 Å². The number of H-pyrrole nitrogens is 1. The van der Waals surface area contributed by atoms with Gasteiger partial charge in [-0.3, -0.25) is 9.89 Å². The van der Waals surface area contributed by atoms with Gasteiger partial charge in [-0.15, -0.1) is 5.10 Å². The number of carbonyl (C=O) groups is 1. The standard InChI is InChI=1S/C12H21N5O/c1-3-10-14-11(16-15-10)12(18)17-6-4-9(5-7-17)8-13-2/h9,13H,3-8H2,1-2H3,(H,14,15,16). The molecule has 0 spiro atoms. The molecule has 6 nitrogen and oxygen atoms in total. The van der Waals surface area contributed by atoms with Crippen LogP contribution in [0.25, 0.3) is 0 Å². The molecule has 0 atom stereocenters. The van der Waals surface area contributed by atoms with Gasteiger partial charge in [0.25, 0.3) is 5.91 Å². The first-order valence-corrected chi connectivity index (χ1v) is 6.59. The SMILES string of the molecule is CCc1nc(C(=O)N2CCC(CNC)CC2)n[nH]1. The van der Waals surface area contributed by atoms with E-state index < -0.39 is 0 Å². The Morgan fingerprint density at radius 3 is 2.78 bits per heavy atom. The van der Waals surface area contributed by atoms with Crippen molar-refractivity contribution in [2.75, 3.05) is 26.7 Å². The first-order chi connectivity index (χ1) is 8.74. The van der Waals surface area contributed by atoms with E-state index in [1.54, 1.807) is 0 Å². The van der Waals surface area contributed by atoms with E-state index in [2.05, 4.69) is 20.5 Å². The van der Waals surface area contributed by atoms with Crippen LogP contribution in [-0.2, 0) is 6.42 Å². The molecule has 18 heavy (non-hydrogen) atoms. The maximum atomic E-state index is 12.2. The molecule has 0 bridgehead atoms. The first kappa shape index (κ1) is 13.0. The van der Waals surface area contributed by atoms with E-state index in [1.165, 1.54) is 0 Å². The minimum atomic E-state index is -0.0474. The van der Waals surface area contributed by atoms with E-state index in [0.29, 0.717) is 11.7 Å². The molecule has 2 heterocycles. The van der Waals surface area contributed by atoms with E-state index >= 15 is 0 Å². The summed E-state index contributed by atoms with van der Waals surface area (Å²) in [6.45, 7) is 4.63. The Kier molecular flexibility index (Phi) is 4.30. The van der Waals surface area contributed by atoms with Crippen LogP contribution in [0.4, 0.5) is 0 Å². The average molecular weight is 251 g/mol. The van der Waals surface area contributed by atoms with Gasteiger partial charge in [-0.25, -0.2) is 4.98 Å². The summed E-state index contributed by atoms with van der Waals surface area (Å²) >= 11 is 0. The molecule has 1 saturated heterocycles. The quantitative estimate of drug-likeness (QED) is 0.814. The van der Waals surface area contributed by atoms with Gasteiger partial charge in [0.2, 0.25) is 5.82 Å². The van der Waals surface area contributed by atoms with Gasteiger partial charge < -0.3 is 10.2 Å². The minimum absolute atomic E-state index is 0.0474. The predicted molar refractivity (Wildman–Crippen MR) is 68.3 cm³/mol. The second-order valence-electron chi connectivity index (χ2n) is 4.75. The van der Waals surface area contributed by atoms with Crippen molar-refractivity contribution in [3.05, 3.63) is 11.6 Å². The number of nitrogens with one attached hydrogen (secondary N) is 2. The highest BCUT2D eigenvalue weighted by Crippen LogP contribution is 2.17. The van der Waals surface area contributed by atoms with Crippen LogP contribution in [0.3, 0.4) is 0 Å². The van der Waals surface area contributed by atoms with Crippen LogP contribution in [0.5, 0.6) is 0 Å². The molecular formula is C12H21N5O. The monoisotopic (exact) mass is 251 g/mol. The number of aryl methyl sites for hydroxylation is 1. The summed E-state index contributed by atoms with van der Waals surface area (Å²) in [6.07, 6.45) is 2.87. The lowest BCUT2D eigenvalue weighted by Gasteiger charge is -2.31. The molecule has 1 fully saturated rings. The van der Waals surface area contributed by atoms with Crippen molar-refractivity contribution in [3.8, 4) is 0 Å². The van der Waals surface area contributed by atoms with E-state index in [1.807, 2.05) is 18.9 Å². The van der Waals surface area contributed by atoms with E-state index in [9.17, 15) is 4.79 Å². The summed E-state index contributed by atoms with van der Waals surface area (Å²) in [5.41, 5.74) is 0. The van der Waals surface area contributed by atoms with Crippen LogP contribution < -0.4 is 5.32 Å². The fourth-order valence-electron chi connectivity index (χ4n) is 2.32. The fraction of sp³-hybridized carbons (Fsp3) is 0.750. The highest BCUT2D eigenvalue weighted by molar-refractivity contribution is 5.90. The topological polar surface area (TPSA) is 73.9 Å². The Hall–Kier alpha value is -1.43. The number of rotatable bonds is 4. The molecule has 2 rings (SSSR count). The zero-order chi connectivity index (χ0) is 13.0. The third-order valence-corrected chi connectivity index (χ3v) is 3.45. The highest BCUT2D eigenvalue weighted by Gasteiger charge is 2.25. The number of carbonyl (C=O) groups excluding carboxylic acids is 1. The van der Waals surface area contributed by atoms with Crippen molar-refractivity contribution in [3.63, 3.8) is 0 Å². The molecule has 100 valence electrons. The normalized spacial score (nSPS) is 17.1. The van der Waals surface area contributed by atoms with Gasteiger partial charge in [0.1, 0.15) is 5.82 Å².